The van der Waals surface area contributed by atoms with E-state index in [4.69, 9.17) is 5.11 Å². The Labute approximate surface area is 62.0 Å². The van der Waals surface area contributed by atoms with Crippen molar-refractivity contribution in [1.82, 2.24) is 0 Å². The molecule has 0 spiro atoms. The molecule has 1 aliphatic heterocycles. The van der Waals surface area contributed by atoms with Crippen LogP contribution in [-0.4, -0.2) is 30.1 Å². The van der Waals surface area contributed by atoms with Crippen LogP contribution >= 0.6 is 0 Å². The molecule has 1 aliphatic rings. The third-order valence-corrected chi connectivity index (χ3v) is 1.65. The number of aliphatic hydroxyl groups excluding tert-OH is 1. The van der Waals surface area contributed by atoms with Crippen molar-refractivity contribution in [3.63, 3.8) is 0 Å². The van der Waals surface area contributed by atoms with Crippen molar-refractivity contribution < 1.29 is 23.0 Å². The first-order valence-corrected chi connectivity index (χ1v) is 3.38. The molecule has 0 aromatic rings. The summed E-state index contributed by atoms with van der Waals surface area (Å²) in [7, 11) is 0. The van der Waals surface area contributed by atoms with Crippen molar-refractivity contribution in [3.05, 3.63) is 0 Å². The van der Waals surface area contributed by atoms with Crippen LogP contribution in [0.4, 0.5) is 13.2 Å². The molecule has 0 amide bonds. The first-order valence-electron chi connectivity index (χ1n) is 3.38. The SMILES string of the molecule is O[C@H]([C@H]1CCCO1)C(F)(F)F. The number of aliphatic hydroxyl groups is 1. The maximum Gasteiger partial charge on any atom is 0.416 e. The zero-order valence-electron chi connectivity index (χ0n) is 5.77. The summed E-state index contributed by atoms with van der Waals surface area (Å²) in [6.45, 7) is 0.317. The van der Waals surface area contributed by atoms with Gasteiger partial charge in [-0.3, -0.25) is 0 Å². The van der Waals surface area contributed by atoms with Crippen molar-refractivity contribution >= 4 is 0 Å². The van der Waals surface area contributed by atoms with E-state index in [0.29, 0.717) is 19.4 Å². The lowest BCUT2D eigenvalue weighted by atomic mass is 10.1. The van der Waals surface area contributed by atoms with Crippen LogP contribution < -0.4 is 0 Å². The lowest BCUT2D eigenvalue weighted by Crippen LogP contribution is -2.39. The summed E-state index contributed by atoms with van der Waals surface area (Å²) >= 11 is 0. The first-order chi connectivity index (χ1) is 5.02. The molecule has 0 aromatic heterocycles. The zero-order valence-corrected chi connectivity index (χ0v) is 5.77. The fraction of sp³-hybridized carbons (Fsp3) is 1.00. The predicted molar refractivity (Wildman–Crippen MR) is 31.0 cm³/mol. The molecule has 11 heavy (non-hydrogen) atoms. The Morgan fingerprint density at radius 1 is 1.45 bits per heavy atom. The second-order valence-corrected chi connectivity index (χ2v) is 2.54. The summed E-state index contributed by atoms with van der Waals surface area (Å²) in [5, 5.41) is 8.64. The van der Waals surface area contributed by atoms with E-state index in [1.54, 1.807) is 0 Å². The Bertz CT molecular complexity index is 128. The largest absolute Gasteiger partial charge is 0.416 e. The van der Waals surface area contributed by atoms with Gasteiger partial charge in [0.15, 0.2) is 6.10 Å². The normalized spacial score (nSPS) is 28.9. The van der Waals surface area contributed by atoms with Gasteiger partial charge < -0.3 is 9.84 Å². The Kier molecular flexibility index (Phi) is 2.39. The van der Waals surface area contributed by atoms with Gasteiger partial charge in [-0.1, -0.05) is 0 Å². The molecule has 0 aromatic carbocycles. The topological polar surface area (TPSA) is 29.5 Å². The highest BCUT2D eigenvalue weighted by atomic mass is 19.4. The molecular formula is C6H9F3O2. The van der Waals surface area contributed by atoms with Gasteiger partial charge in [-0.25, -0.2) is 0 Å². The van der Waals surface area contributed by atoms with Crippen LogP contribution in [0.15, 0.2) is 0 Å². The van der Waals surface area contributed by atoms with Gasteiger partial charge in [0, 0.05) is 6.61 Å². The number of hydrogen-bond acceptors (Lipinski definition) is 2. The Morgan fingerprint density at radius 2 is 2.09 bits per heavy atom. The zero-order chi connectivity index (χ0) is 8.48. The van der Waals surface area contributed by atoms with Crippen molar-refractivity contribution in [1.29, 1.82) is 0 Å². The summed E-state index contributed by atoms with van der Waals surface area (Å²) in [4.78, 5) is 0. The van der Waals surface area contributed by atoms with Crippen molar-refractivity contribution in [2.75, 3.05) is 6.61 Å². The monoisotopic (exact) mass is 170 g/mol. The summed E-state index contributed by atoms with van der Waals surface area (Å²) in [5.41, 5.74) is 0. The fourth-order valence-electron chi connectivity index (χ4n) is 1.06. The third-order valence-electron chi connectivity index (χ3n) is 1.65. The van der Waals surface area contributed by atoms with Crippen molar-refractivity contribution in [2.45, 2.75) is 31.2 Å². The van der Waals surface area contributed by atoms with Crippen LogP contribution in [0.2, 0.25) is 0 Å². The minimum Gasteiger partial charge on any atom is -0.381 e. The van der Waals surface area contributed by atoms with Gasteiger partial charge >= 0.3 is 6.18 Å². The number of alkyl halides is 3. The molecule has 1 saturated heterocycles. The van der Waals surface area contributed by atoms with Crippen LogP contribution in [-0.2, 0) is 4.74 Å². The molecule has 0 aliphatic carbocycles. The van der Waals surface area contributed by atoms with Crippen molar-refractivity contribution in [3.8, 4) is 0 Å². The second kappa shape index (κ2) is 2.98. The van der Waals surface area contributed by atoms with Gasteiger partial charge in [-0.2, -0.15) is 13.2 Å². The highest BCUT2D eigenvalue weighted by Gasteiger charge is 2.45. The minimum absolute atomic E-state index is 0.292. The van der Waals surface area contributed by atoms with Gasteiger partial charge in [-0.15, -0.1) is 0 Å². The van der Waals surface area contributed by atoms with Crippen LogP contribution in [0.5, 0.6) is 0 Å². The average molecular weight is 170 g/mol. The molecule has 2 nitrogen and oxygen atoms in total. The second-order valence-electron chi connectivity index (χ2n) is 2.54. The molecule has 0 unspecified atom stereocenters. The maximum atomic E-state index is 11.8. The Hall–Kier alpha value is -0.290. The number of hydrogen-bond donors (Lipinski definition) is 1. The molecule has 0 radical (unpaired) electrons. The molecule has 1 rings (SSSR count). The minimum atomic E-state index is -4.55. The summed E-state index contributed by atoms with van der Waals surface area (Å²) in [5.74, 6) is 0. The van der Waals surface area contributed by atoms with Gasteiger partial charge in [-0.05, 0) is 12.8 Å². The fourth-order valence-corrected chi connectivity index (χ4v) is 1.06. The predicted octanol–water partition coefficient (Wildman–Crippen LogP) is 1.09. The molecule has 1 heterocycles. The Balaban J connectivity index is 2.46. The van der Waals surface area contributed by atoms with Gasteiger partial charge in [0.05, 0.1) is 6.10 Å². The first kappa shape index (κ1) is 8.80. The van der Waals surface area contributed by atoms with Gasteiger partial charge in [0.2, 0.25) is 0 Å². The molecule has 0 bridgehead atoms. The quantitative estimate of drug-likeness (QED) is 0.638. The number of rotatable bonds is 1. The lowest BCUT2D eigenvalue weighted by Gasteiger charge is -2.19. The van der Waals surface area contributed by atoms with Crippen molar-refractivity contribution in [2.24, 2.45) is 0 Å². The summed E-state index contributed by atoms with van der Waals surface area (Å²) < 4.78 is 40.0. The van der Waals surface area contributed by atoms with E-state index >= 15 is 0 Å². The lowest BCUT2D eigenvalue weighted by molar-refractivity contribution is -0.230. The number of ether oxygens (including phenoxy) is 1. The third kappa shape index (κ3) is 2.07. The molecule has 1 fully saturated rings. The highest BCUT2D eigenvalue weighted by molar-refractivity contribution is 4.78. The van der Waals surface area contributed by atoms with E-state index in [9.17, 15) is 13.2 Å². The smallest absolute Gasteiger partial charge is 0.381 e. The van der Waals surface area contributed by atoms with E-state index < -0.39 is 18.4 Å². The molecule has 2 atom stereocenters. The molecule has 0 saturated carbocycles. The molecule has 1 N–H and O–H groups in total. The van der Waals surface area contributed by atoms with Gasteiger partial charge in [0.1, 0.15) is 0 Å². The average Bonchev–Trinajstić information content (AvgIpc) is 2.34. The van der Waals surface area contributed by atoms with E-state index in [2.05, 4.69) is 4.74 Å². The standard InChI is InChI=1S/C6H9F3O2/c7-6(8,9)5(10)4-2-1-3-11-4/h4-5,10H,1-3H2/t4-,5-/m1/s1. The van der Waals surface area contributed by atoms with E-state index in [1.165, 1.54) is 0 Å². The van der Waals surface area contributed by atoms with Crippen LogP contribution in [0.3, 0.4) is 0 Å². The van der Waals surface area contributed by atoms with E-state index in [1.807, 2.05) is 0 Å². The summed E-state index contributed by atoms with van der Waals surface area (Å²) in [6, 6.07) is 0. The number of halogens is 3. The summed E-state index contributed by atoms with van der Waals surface area (Å²) in [6.07, 6.45) is -7.02. The van der Waals surface area contributed by atoms with Crippen LogP contribution in [0.1, 0.15) is 12.8 Å². The molecule has 5 heteroatoms. The van der Waals surface area contributed by atoms with E-state index in [-0.39, 0.29) is 0 Å². The maximum absolute atomic E-state index is 11.8. The molecular weight excluding hydrogens is 161 g/mol. The van der Waals surface area contributed by atoms with Gasteiger partial charge in [0.25, 0.3) is 0 Å². The van der Waals surface area contributed by atoms with Crippen LogP contribution in [0.25, 0.3) is 0 Å². The van der Waals surface area contributed by atoms with E-state index in [0.717, 1.165) is 0 Å². The highest BCUT2D eigenvalue weighted by Crippen LogP contribution is 2.28. The molecule has 66 valence electrons. The van der Waals surface area contributed by atoms with Crippen LogP contribution in [0, 0.1) is 0 Å². The Morgan fingerprint density at radius 3 is 2.45 bits per heavy atom.